The number of amides is 1. The molecular formula is C14H19NO3S. The van der Waals surface area contributed by atoms with Gasteiger partial charge in [0.05, 0.1) is 5.00 Å². The van der Waals surface area contributed by atoms with Gasteiger partial charge in [0.1, 0.15) is 4.88 Å². The third-order valence-electron chi connectivity index (χ3n) is 3.53. The van der Waals surface area contributed by atoms with Crippen LogP contribution in [0.15, 0.2) is 12.1 Å². The van der Waals surface area contributed by atoms with Crippen LogP contribution in [-0.4, -0.2) is 17.0 Å². The molecule has 1 heterocycles. The highest BCUT2D eigenvalue weighted by Crippen LogP contribution is 2.27. The summed E-state index contributed by atoms with van der Waals surface area (Å²) < 4.78 is 0. The van der Waals surface area contributed by atoms with E-state index in [0.717, 1.165) is 24.2 Å². The van der Waals surface area contributed by atoms with Crippen LogP contribution in [-0.2, 0) is 4.79 Å². The quantitative estimate of drug-likeness (QED) is 0.826. The number of hydrogen-bond acceptors (Lipinski definition) is 3. The fourth-order valence-corrected chi connectivity index (χ4v) is 3.30. The second-order valence-electron chi connectivity index (χ2n) is 5.08. The van der Waals surface area contributed by atoms with E-state index in [9.17, 15) is 9.59 Å². The van der Waals surface area contributed by atoms with Crippen molar-refractivity contribution in [3.63, 3.8) is 0 Å². The van der Waals surface area contributed by atoms with Crippen molar-refractivity contribution in [3.8, 4) is 0 Å². The Bertz CT molecular complexity index is 447. The van der Waals surface area contributed by atoms with E-state index >= 15 is 0 Å². The van der Waals surface area contributed by atoms with E-state index < -0.39 is 5.97 Å². The van der Waals surface area contributed by atoms with Crippen molar-refractivity contribution in [1.82, 2.24) is 0 Å². The number of hydrogen-bond donors (Lipinski definition) is 2. The van der Waals surface area contributed by atoms with Crippen LogP contribution < -0.4 is 5.32 Å². The molecule has 0 unspecified atom stereocenters. The minimum absolute atomic E-state index is 0.00527. The molecule has 1 amide bonds. The van der Waals surface area contributed by atoms with Crippen molar-refractivity contribution in [2.75, 3.05) is 5.32 Å². The minimum Gasteiger partial charge on any atom is -0.477 e. The maximum Gasteiger partial charge on any atom is 0.345 e. The van der Waals surface area contributed by atoms with Crippen molar-refractivity contribution in [2.45, 2.75) is 44.9 Å². The minimum atomic E-state index is -0.950. The molecule has 0 spiro atoms. The Labute approximate surface area is 116 Å². The predicted octanol–water partition coefficient (Wildman–Crippen LogP) is 3.75. The Morgan fingerprint density at radius 3 is 2.47 bits per heavy atom. The summed E-state index contributed by atoms with van der Waals surface area (Å²) in [5.74, 6) is -0.457. The average Bonchev–Trinajstić information content (AvgIpc) is 2.67. The summed E-state index contributed by atoms with van der Waals surface area (Å²) in [5.41, 5.74) is 0. The van der Waals surface area contributed by atoms with Crippen molar-refractivity contribution >= 4 is 28.2 Å². The highest BCUT2D eigenvalue weighted by Gasteiger charge is 2.17. The van der Waals surface area contributed by atoms with Crippen LogP contribution in [0, 0.1) is 5.92 Å². The standard InChI is InChI=1S/C14H19NO3S/c16-12(9-10-5-3-1-2-4-6-10)15-13-8-7-11(19-13)14(17)18/h7-8,10H,1-6,9H2,(H,15,16)(H,17,18). The summed E-state index contributed by atoms with van der Waals surface area (Å²) in [6, 6.07) is 3.17. The first-order chi connectivity index (χ1) is 9.15. The van der Waals surface area contributed by atoms with E-state index in [-0.39, 0.29) is 10.8 Å². The van der Waals surface area contributed by atoms with Gasteiger partial charge in [-0.05, 0) is 30.9 Å². The molecule has 1 aromatic heterocycles. The van der Waals surface area contributed by atoms with Gasteiger partial charge < -0.3 is 10.4 Å². The number of carboxylic acid groups (broad SMARTS) is 1. The number of carboxylic acids is 1. The third kappa shape index (κ3) is 4.35. The van der Waals surface area contributed by atoms with Crippen molar-refractivity contribution in [2.24, 2.45) is 5.92 Å². The Morgan fingerprint density at radius 2 is 1.89 bits per heavy atom. The zero-order valence-corrected chi connectivity index (χ0v) is 11.7. The van der Waals surface area contributed by atoms with Crippen LogP contribution in [0.5, 0.6) is 0 Å². The molecule has 1 fully saturated rings. The number of carbonyl (C=O) groups excluding carboxylic acids is 1. The highest BCUT2D eigenvalue weighted by molar-refractivity contribution is 7.18. The number of anilines is 1. The van der Waals surface area contributed by atoms with E-state index in [1.165, 1.54) is 31.7 Å². The van der Waals surface area contributed by atoms with Crippen molar-refractivity contribution in [3.05, 3.63) is 17.0 Å². The molecule has 1 aliphatic carbocycles. The molecule has 0 bridgehead atoms. The van der Waals surface area contributed by atoms with Gasteiger partial charge in [-0.25, -0.2) is 4.79 Å². The molecule has 104 valence electrons. The maximum atomic E-state index is 11.9. The Kier molecular flexibility index (Phi) is 4.96. The van der Waals surface area contributed by atoms with E-state index in [1.54, 1.807) is 6.07 Å². The fourth-order valence-electron chi connectivity index (χ4n) is 2.54. The van der Waals surface area contributed by atoms with E-state index in [0.29, 0.717) is 17.3 Å². The van der Waals surface area contributed by atoms with Crippen LogP contribution in [0.2, 0.25) is 0 Å². The summed E-state index contributed by atoms with van der Waals surface area (Å²) >= 11 is 1.10. The van der Waals surface area contributed by atoms with Crippen LogP contribution in [0.1, 0.15) is 54.6 Å². The number of aromatic carboxylic acids is 1. The first kappa shape index (κ1) is 14.1. The largest absolute Gasteiger partial charge is 0.477 e. The Morgan fingerprint density at radius 1 is 1.21 bits per heavy atom. The van der Waals surface area contributed by atoms with Crippen molar-refractivity contribution in [1.29, 1.82) is 0 Å². The average molecular weight is 281 g/mol. The summed E-state index contributed by atoms with van der Waals surface area (Å²) in [5, 5.41) is 12.2. The molecule has 2 N–H and O–H groups in total. The monoisotopic (exact) mass is 281 g/mol. The third-order valence-corrected chi connectivity index (χ3v) is 4.52. The van der Waals surface area contributed by atoms with E-state index in [2.05, 4.69) is 5.32 Å². The Balaban J connectivity index is 1.84. The van der Waals surface area contributed by atoms with Crippen LogP contribution >= 0.6 is 11.3 Å². The first-order valence-electron chi connectivity index (χ1n) is 6.78. The van der Waals surface area contributed by atoms with Crippen LogP contribution in [0.25, 0.3) is 0 Å². The number of rotatable bonds is 4. The Hall–Kier alpha value is -1.36. The normalized spacial score (nSPS) is 16.8. The zero-order chi connectivity index (χ0) is 13.7. The molecule has 0 aliphatic heterocycles. The summed E-state index contributed by atoms with van der Waals surface area (Å²) in [6.45, 7) is 0. The van der Waals surface area contributed by atoms with Gasteiger partial charge in [-0.1, -0.05) is 25.7 Å². The van der Waals surface area contributed by atoms with Gasteiger partial charge in [0.15, 0.2) is 0 Å². The molecule has 1 saturated carbocycles. The molecule has 2 rings (SSSR count). The molecule has 0 saturated heterocycles. The molecule has 4 nitrogen and oxygen atoms in total. The zero-order valence-electron chi connectivity index (χ0n) is 10.9. The molecule has 0 radical (unpaired) electrons. The SMILES string of the molecule is O=C(CC1CCCCCC1)Nc1ccc(C(=O)O)s1. The lowest BCUT2D eigenvalue weighted by Crippen LogP contribution is -2.15. The second kappa shape index (κ2) is 6.70. The number of carbonyl (C=O) groups is 2. The molecule has 0 aromatic carbocycles. The highest BCUT2D eigenvalue weighted by atomic mass is 32.1. The topological polar surface area (TPSA) is 66.4 Å². The van der Waals surface area contributed by atoms with Crippen molar-refractivity contribution < 1.29 is 14.7 Å². The lowest BCUT2D eigenvalue weighted by Gasteiger charge is -2.12. The lowest BCUT2D eigenvalue weighted by atomic mass is 9.96. The second-order valence-corrected chi connectivity index (χ2v) is 6.16. The molecule has 5 heteroatoms. The van der Waals surface area contributed by atoms with Gasteiger partial charge >= 0.3 is 5.97 Å². The van der Waals surface area contributed by atoms with Gasteiger partial charge in [0, 0.05) is 6.42 Å². The van der Waals surface area contributed by atoms with Gasteiger partial charge in [-0.3, -0.25) is 4.79 Å². The van der Waals surface area contributed by atoms with Crippen LogP contribution in [0.4, 0.5) is 5.00 Å². The fraction of sp³-hybridized carbons (Fsp3) is 0.571. The molecule has 1 aliphatic rings. The summed E-state index contributed by atoms with van der Waals surface area (Å²) in [4.78, 5) is 22.9. The molecule has 1 aromatic rings. The predicted molar refractivity (Wildman–Crippen MR) is 75.7 cm³/mol. The summed E-state index contributed by atoms with van der Waals surface area (Å²) in [7, 11) is 0. The smallest absolute Gasteiger partial charge is 0.345 e. The van der Waals surface area contributed by atoms with Gasteiger partial charge in [0.25, 0.3) is 0 Å². The lowest BCUT2D eigenvalue weighted by molar-refractivity contribution is -0.117. The molecule has 19 heavy (non-hydrogen) atoms. The van der Waals surface area contributed by atoms with Gasteiger partial charge in [0.2, 0.25) is 5.91 Å². The summed E-state index contributed by atoms with van der Waals surface area (Å²) in [6.07, 6.45) is 7.84. The first-order valence-corrected chi connectivity index (χ1v) is 7.60. The molecule has 0 atom stereocenters. The number of nitrogens with one attached hydrogen (secondary N) is 1. The number of thiophene rings is 1. The van der Waals surface area contributed by atoms with E-state index in [1.807, 2.05) is 0 Å². The van der Waals surface area contributed by atoms with Crippen LogP contribution in [0.3, 0.4) is 0 Å². The van der Waals surface area contributed by atoms with E-state index in [4.69, 9.17) is 5.11 Å². The van der Waals surface area contributed by atoms with Gasteiger partial charge in [-0.15, -0.1) is 11.3 Å². The van der Waals surface area contributed by atoms with Gasteiger partial charge in [-0.2, -0.15) is 0 Å². The molecular weight excluding hydrogens is 262 g/mol. The maximum absolute atomic E-state index is 11.9.